The number of carbonyl (C=O) groups excluding carboxylic acids is 1. The molecular formula is C23H22ClN3O3S. The van der Waals surface area contributed by atoms with E-state index >= 15 is 0 Å². The number of amides is 1. The highest BCUT2D eigenvalue weighted by Gasteiger charge is 2.39. The zero-order chi connectivity index (χ0) is 22.1. The zero-order valence-electron chi connectivity index (χ0n) is 17.5. The van der Waals surface area contributed by atoms with E-state index in [1.807, 2.05) is 37.3 Å². The number of anilines is 1. The van der Waals surface area contributed by atoms with Crippen LogP contribution < -0.4 is 14.4 Å². The van der Waals surface area contributed by atoms with E-state index in [4.69, 9.17) is 21.1 Å². The van der Waals surface area contributed by atoms with E-state index in [1.54, 1.807) is 25.2 Å². The topological polar surface area (TPSA) is 65.8 Å². The smallest absolute Gasteiger partial charge is 0.229 e. The molecule has 1 atom stereocenters. The lowest BCUT2D eigenvalue weighted by molar-refractivity contribution is -0.129. The van der Waals surface area contributed by atoms with E-state index in [0.29, 0.717) is 39.7 Å². The van der Waals surface area contributed by atoms with Crippen LogP contribution in [0.4, 0.5) is 5.69 Å². The largest absolute Gasteiger partial charge is 0.493 e. The minimum Gasteiger partial charge on any atom is -0.493 e. The molecule has 2 aromatic carbocycles. The van der Waals surface area contributed by atoms with E-state index < -0.39 is 0 Å². The summed E-state index contributed by atoms with van der Waals surface area (Å²) < 4.78 is 11.0. The minimum atomic E-state index is -0.374. The van der Waals surface area contributed by atoms with Gasteiger partial charge in [-0.05, 0) is 30.7 Å². The summed E-state index contributed by atoms with van der Waals surface area (Å²) in [6, 6.07) is 13.7. The second kappa shape index (κ2) is 8.74. The average molecular weight is 456 g/mol. The fraction of sp³-hybridized carbons (Fsp3) is 0.304. The van der Waals surface area contributed by atoms with Crippen molar-refractivity contribution in [3.05, 3.63) is 63.1 Å². The molecule has 8 heteroatoms. The van der Waals surface area contributed by atoms with Crippen LogP contribution in [0, 0.1) is 18.3 Å². The van der Waals surface area contributed by atoms with Crippen molar-refractivity contribution in [1.82, 2.24) is 4.90 Å². The second-order valence-electron chi connectivity index (χ2n) is 7.33. The van der Waals surface area contributed by atoms with Crippen molar-refractivity contribution in [2.75, 3.05) is 31.7 Å². The van der Waals surface area contributed by atoms with E-state index in [9.17, 15) is 10.1 Å². The summed E-state index contributed by atoms with van der Waals surface area (Å²) in [5, 5.41) is 11.4. The fourth-order valence-corrected chi connectivity index (χ4v) is 5.43. The lowest BCUT2D eigenvalue weighted by Gasteiger charge is -2.42. The van der Waals surface area contributed by atoms with Crippen LogP contribution in [-0.2, 0) is 4.79 Å². The lowest BCUT2D eigenvalue weighted by Crippen LogP contribution is -2.47. The number of para-hydroxylation sites is 1. The molecule has 2 aliphatic rings. The van der Waals surface area contributed by atoms with Crippen LogP contribution in [0.25, 0.3) is 0 Å². The van der Waals surface area contributed by atoms with E-state index in [1.165, 1.54) is 11.8 Å². The van der Waals surface area contributed by atoms with Crippen LogP contribution in [-0.4, -0.2) is 37.6 Å². The third kappa shape index (κ3) is 3.71. The van der Waals surface area contributed by atoms with Gasteiger partial charge in [0.25, 0.3) is 0 Å². The maximum atomic E-state index is 13.2. The molecule has 0 aromatic heterocycles. The molecule has 1 fully saturated rings. The van der Waals surface area contributed by atoms with Crippen LogP contribution in [0.3, 0.4) is 0 Å². The van der Waals surface area contributed by atoms with Gasteiger partial charge in [0, 0.05) is 28.6 Å². The number of methoxy groups -OCH3 is 2. The first-order valence-electron chi connectivity index (χ1n) is 9.78. The number of rotatable bonds is 4. The van der Waals surface area contributed by atoms with Gasteiger partial charge in [-0.3, -0.25) is 9.69 Å². The van der Waals surface area contributed by atoms with Gasteiger partial charge < -0.3 is 14.4 Å². The van der Waals surface area contributed by atoms with Crippen molar-refractivity contribution in [2.45, 2.75) is 19.3 Å². The summed E-state index contributed by atoms with van der Waals surface area (Å²) in [6.45, 7) is 2.35. The summed E-state index contributed by atoms with van der Waals surface area (Å²) in [6.07, 6.45) is 0.193. The van der Waals surface area contributed by atoms with Gasteiger partial charge in [-0.25, -0.2) is 0 Å². The summed E-state index contributed by atoms with van der Waals surface area (Å²) in [5.74, 6) is 1.35. The number of thioether (sulfide) groups is 1. The Morgan fingerprint density at radius 1 is 1.19 bits per heavy atom. The minimum absolute atomic E-state index is 0.0271. The third-order valence-corrected chi connectivity index (χ3v) is 7.25. The highest BCUT2D eigenvalue weighted by molar-refractivity contribution is 8.03. The van der Waals surface area contributed by atoms with Crippen molar-refractivity contribution in [3.8, 4) is 17.6 Å². The molecule has 31 heavy (non-hydrogen) atoms. The summed E-state index contributed by atoms with van der Waals surface area (Å²) >= 11 is 7.79. The first kappa shape index (κ1) is 21.4. The van der Waals surface area contributed by atoms with Crippen molar-refractivity contribution in [3.63, 3.8) is 0 Å². The number of halogens is 1. The molecule has 2 aliphatic heterocycles. The number of allylic oxidation sites excluding steroid dienone is 1. The van der Waals surface area contributed by atoms with Crippen molar-refractivity contribution in [1.29, 1.82) is 5.26 Å². The summed E-state index contributed by atoms with van der Waals surface area (Å²) in [7, 11) is 3.14. The number of hydrogen-bond acceptors (Lipinski definition) is 6. The number of fused-ring (bicyclic) bond motifs is 1. The van der Waals surface area contributed by atoms with Crippen LogP contribution in [0.15, 0.2) is 47.0 Å². The zero-order valence-corrected chi connectivity index (χ0v) is 19.1. The predicted octanol–water partition coefficient (Wildman–Crippen LogP) is 4.89. The quantitative estimate of drug-likeness (QED) is 0.654. The van der Waals surface area contributed by atoms with Gasteiger partial charge in [0.2, 0.25) is 5.91 Å². The molecule has 0 N–H and O–H groups in total. The molecular weight excluding hydrogens is 434 g/mol. The molecule has 1 amide bonds. The van der Waals surface area contributed by atoms with Crippen LogP contribution >= 0.6 is 23.4 Å². The molecule has 1 saturated heterocycles. The fourth-order valence-electron chi connectivity index (χ4n) is 4.11. The van der Waals surface area contributed by atoms with Crippen LogP contribution in [0.1, 0.15) is 23.5 Å². The number of nitrogens with zero attached hydrogens (tertiary/aromatic N) is 3. The van der Waals surface area contributed by atoms with Gasteiger partial charge in [0.1, 0.15) is 0 Å². The lowest BCUT2D eigenvalue weighted by atomic mass is 9.85. The number of carbonyl (C=O) groups is 1. The molecule has 160 valence electrons. The number of ether oxygens (including phenoxy) is 2. The molecule has 2 heterocycles. The van der Waals surface area contributed by atoms with Crippen molar-refractivity contribution >= 4 is 35.0 Å². The Bertz CT molecular complexity index is 1110. The molecule has 6 nitrogen and oxygen atoms in total. The predicted molar refractivity (Wildman–Crippen MR) is 122 cm³/mol. The first-order valence-corrected chi connectivity index (χ1v) is 11.1. The monoisotopic (exact) mass is 455 g/mol. The summed E-state index contributed by atoms with van der Waals surface area (Å²) in [4.78, 5) is 17.0. The number of nitriles is 1. The van der Waals surface area contributed by atoms with Crippen LogP contribution in [0.2, 0.25) is 5.02 Å². The Hall–Kier alpha value is -2.82. The van der Waals surface area contributed by atoms with Gasteiger partial charge in [0.05, 0.1) is 43.4 Å². The molecule has 0 saturated carbocycles. The van der Waals surface area contributed by atoms with Crippen molar-refractivity contribution < 1.29 is 14.3 Å². The Kier molecular flexibility index (Phi) is 6.03. The highest BCUT2D eigenvalue weighted by Crippen LogP contribution is 2.47. The van der Waals surface area contributed by atoms with Gasteiger partial charge in [-0.2, -0.15) is 5.26 Å². The molecule has 2 aromatic rings. The van der Waals surface area contributed by atoms with Crippen molar-refractivity contribution in [2.24, 2.45) is 0 Å². The Morgan fingerprint density at radius 3 is 2.68 bits per heavy atom. The molecule has 0 bridgehead atoms. The SMILES string of the molecule is COc1cccc([C@@H]2CC(=O)N3CN(c4cccc(Cl)c4C)CSC3=C2C#N)c1OC. The van der Waals surface area contributed by atoms with Gasteiger partial charge in [-0.1, -0.05) is 41.6 Å². The van der Waals surface area contributed by atoms with Gasteiger partial charge in [-0.15, -0.1) is 0 Å². The normalized spacial score (nSPS) is 18.5. The van der Waals surface area contributed by atoms with Gasteiger partial charge in [0.15, 0.2) is 11.5 Å². The Balaban J connectivity index is 1.72. The highest BCUT2D eigenvalue weighted by atomic mass is 35.5. The molecule has 0 spiro atoms. The molecule has 0 radical (unpaired) electrons. The maximum Gasteiger partial charge on any atom is 0.229 e. The summed E-state index contributed by atoms with van der Waals surface area (Å²) in [5.41, 5.74) is 3.33. The Morgan fingerprint density at radius 2 is 1.97 bits per heavy atom. The Labute approximate surface area is 191 Å². The number of benzene rings is 2. The van der Waals surface area contributed by atoms with Crippen LogP contribution in [0.5, 0.6) is 11.5 Å². The third-order valence-electron chi connectivity index (χ3n) is 5.68. The van der Waals surface area contributed by atoms with E-state index in [2.05, 4.69) is 11.0 Å². The molecule has 0 aliphatic carbocycles. The van der Waals surface area contributed by atoms with Gasteiger partial charge >= 0.3 is 0 Å². The standard InChI is InChI=1S/C23H22ClN3O3S/c1-14-18(24)7-5-8-19(14)26-12-27-21(28)10-16(17(11-25)23(27)31-13-26)15-6-4-9-20(29-2)22(15)30-3/h4-9,16H,10,12-13H2,1-3H3/t16-/m0/s1. The molecule has 4 rings (SSSR count). The number of hydrogen-bond donors (Lipinski definition) is 0. The first-order chi connectivity index (χ1) is 15.0. The maximum absolute atomic E-state index is 13.2. The average Bonchev–Trinajstić information content (AvgIpc) is 2.80. The van der Waals surface area contributed by atoms with E-state index in [0.717, 1.165) is 16.8 Å². The molecule has 0 unspecified atom stereocenters. The second-order valence-corrected chi connectivity index (χ2v) is 8.67. The van der Waals surface area contributed by atoms with E-state index in [-0.39, 0.29) is 18.2 Å².